The number of rotatable bonds is 4. The first-order valence-electron chi connectivity index (χ1n) is 6.88. The molecule has 1 heterocycles. The van der Waals surface area contributed by atoms with E-state index < -0.39 is 0 Å². The summed E-state index contributed by atoms with van der Waals surface area (Å²) in [5, 5.41) is 12.1. The summed E-state index contributed by atoms with van der Waals surface area (Å²) in [6, 6.07) is 12.6. The Kier molecular flexibility index (Phi) is 4.37. The van der Waals surface area contributed by atoms with Gasteiger partial charge in [-0.05, 0) is 30.5 Å². The molecule has 20 heavy (non-hydrogen) atoms. The minimum absolute atomic E-state index is 0.580. The number of nitriles is 1. The van der Waals surface area contributed by atoms with E-state index in [0.29, 0.717) is 11.4 Å². The van der Waals surface area contributed by atoms with Crippen molar-refractivity contribution in [1.82, 2.24) is 4.98 Å². The van der Waals surface area contributed by atoms with E-state index in [9.17, 15) is 0 Å². The van der Waals surface area contributed by atoms with Gasteiger partial charge in [0.15, 0.2) is 0 Å². The Balaban J connectivity index is 2.44. The molecule has 3 nitrogen and oxygen atoms in total. The van der Waals surface area contributed by atoms with Crippen molar-refractivity contribution >= 4 is 5.82 Å². The van der Waals surface area contributed by atoms with Crippen LogP contribution in [-0.4, -0.2) is 12.0 Å². The Bertz CT molecular complexity index is 637. The molecule has 0 saturated heterocycles. The van der Waals surface area contributed by atoms with Crippen LogP contribution in [0.4, 0.5) is 5.82 Å². The van der Waals surface area contributed by atoms with Crippen molar-refractivity contribution in [3.8, 4) is 17.3 Å². The summed E-state index contributed by atoms with van der Waals surface area (Å²) in [6.45, 7) is 4.17. The van der Waals surface area contributed by atoms with Crippen molar-refractivity contribution in [2.24, 2.45) is 0 Å². The van der Waals surface area contributed by atoms with Crippen LogP contribution in [0.15, 0.2) is 30.3 Å². The van der Waals surface area contributed by atoms with E-state index in [1.165, 1.54) is 5.56 Å². The number of nitrogens with zero attached hydrogens (tertiary/aromatic N) is 2. The Morgan fingerprint density at radius 3 is 2.50 bits per heavy atom. The first kappa shape index (κ1) is 14.1. The van der Waals surface area contributed by atoms with Gasteiger partial charge >= 0.3 is 0 Å². The lowest BCUT2D eigenvalue weighted by Gasteiger charge is -2.10. The number of aromatic nitrogens is 1. The van der Waals surface area contributed by atoms with Crippen LogP contribution in [0.3, 0.4) is 0 Å². The maximum atomic E-state index is 9.10. The van der Waals surface area contributed by atoms with Gasteiger partial charge in [0.1, 0.15) is 11.9 Å². The maximum absolute atomic E-state index is 9.10. The molecule has 0 bridgehead atoms. The fourth-order valence-corrected chi connectivity index (χ4v) is 2.30. The predicted molar refractivity (Wildman–Crippen MR) is 82.7 cm³/mol. The molecule has 1 N–H and O–H groups in total. The summed E-state index contributed by atoms with van der Waals surface area (Å²) < 4.78 is 0. The van der Waals surface area contributed by atoms with Crippen molar-refractivity contribution in [1.29, 1.82) is 5.26 Å². The molecular formula is C17H19N3. The molecule has 1 aromatic carbocycles. The molecule has 3 heteroatoms. The standard InChI is InChI=1S/C17H19N3/c1-4-5-13-6-8-14(9-7-13)16-12(2)10-15(11-18)17(19-3)20-16/h6-10H,4-5H2,1-3H3,(H,19,20). The summed E-state index contributed by atoms with van der Waals surface area (Å²) in [4.78, 5) is 4.57. The first-order chi connectivity index (χ1) is 9.69. The van der Waals surface area contributed by atoms with Crippen molar-refractivity contribution in [2.45, 2.75) is 26.7 Å². The summed E-state index contributed by atoms with van der Waals surface area (Å²) in [7, 11) is 1.78. The molecule has 0 aliphatic carbocycles. The topological polar surface area (TPSA) is 48.7 Å². The Morgan fingerprint density at radius 1 is 1.25 bits per heavy atom. The molecular weight excluding hydrogens is 246 g/mol. The van der Waals surface area contributed by atoms with Crippen LogP contribution in [0.1, 0.15) is 30.0 Å². The average Bonchev–Trinajstić information content (AvgIpc) is 2.48. The Morgan fingerprint density at radius 2 is 1.95 bits per heavy atom. The van der Waals surface area contributed by atoms with Gasteiger partial charge in [0.2, 0.25) is 0 Å². The van der Waals surface area contributed by atoms with E-state index in [4.69, 9.17) is 5.26 Å². The first-order valence-corrected chi connectivity index (χ1v) is 6.88. The highest BCUT2D eigenvalue weighted by Crippen LogP contribution is 2.26. The average molecular weight is 265 g/mol. The van der Waals surface area contributed by atoms with Crippen LogP contribution < -0.4 is 5.32 Å². The molecule has 1 aromatic heterocycles. The number of anilines is 1. The second-order valence-corrected chi connectivity index (χ2v) is 4.86. The number of hydrogen-bond acceptors (Lipinski definition) is 3. The van der Waals surface area contributed by atoms with Gasteiger partial charge in [0.05, 0.1) is 11.3 Å². The zero-order chi connectivity index (χ0) is 14.5. The molecule has 0 saturated carbocycles. The number of pyridine rings is 1. The van der Waals surface area contributed by atoms with Crippen LogP contribution in [0, 0.1) is 18.3 Å². The van der Waals surface area contributed by atoms with Gasteiger partial charge in [-0.1, -0.05) is 37.6 Å². The lowest BCUT2D eigenvalue weighted by Crippen LogP contribution is -2.00. The normalized spacial score (nSPS) is 10.1. The second kappa shape index (κ2) is 6.21. The summed E-state index contributed by atoms with van der Waals surface area (Å²) in [5.74, 6) is 0.630. The quantitative estimate of drug-likeness (QED) is 0.911. The van der Waals surface area contributed by atoms with E-state index >= 15 is 0 Å². The smallest absolute Gasteiger partial charge is 0.144 e. The highest BCUT2D eigenvalue weighted by atomic mass is 15.0. The highest BCUT2D eigenvalue weighted by Gasteiger charge is 2.09. The molecule has 0 fully saturated rings. The lowest BCUT2D eigenvalue weighted by molar-refractivity contribution is 0.922. The third-order valence-electron chi connectivity index (χ3n) is 3.34. The molecule has 0 radical (unpaired) electrons. The minimum atomic E-state index is 0.580. The van der Waals surface area contributed by atoms with Crippen LogP contribution in [0.2, 0.25) is 0 Å². The molecule has 0 aliphatic heterocycles. The Labute approximate surface area is 120 Å². The van der Waals surface area contributed by atoms with Crippen LogP contribution in [0.5, 0.6) is 0 Å². The molecule has 102 valence electrons. The fraction of sp³-hybridized carbons (Fsp3) is 0.294. The van der Waals surface area contributed by atoms with Crippen LogP contribution in [0.25, 0.3) is 11.3 Å². The van der Waals surface area contributed by atoms with E-state index in [-0.39, 0.29) is 0 Å². The molecule has 0 amide bonds. The zero-order valence-corrected chi connectivity index (χ0v) is 12.2. The van der Waals surface area contributed by atoms with Gasteiger partial charge in [0.25, 0.3) is 0 Å². The SMILES string of the molecule is CCCc1ccc(-c2nc(NC)c(C#N)cc2C)cc1. The van der Waals surface area contributed by atoms with Crippen LogP contribution in [-0.2, 0) is 6.42 Å². The van der Waals surface area contributed by atoms with Gasteiger partial charge < -0.3 is 5.32 Å². The summed E-state index contributed by atoms with van der Waals surface area (Å²) in [5.41, 5.74) is 4.95. The van der Waals surface area contributed by atoms with E-state index in [1.54, 1.807) is 7.05 Å². The van der Waals surface area contributed by atoms with Crippen molar-refractivity contribution in [3.05, 3.63) is 47.0 Å². The van der Waals surface area contributed by atoms with E-state index in [0.717, 1.165) is 29.7 Å². The zero-order valence-electron chi connectivity index (χ0n) is 12.2. The number of benzene rings is 1. The predicted octanol–water partition coefficient (Wildman–Crippen LogP) is 3.92. The summed E-state index contributed by atoms with van der Waals surface area (Å²) >= 11 is 0. The van der Waals surface area contributed by atoms with Gasteiger partial charge in [-0.15, -0.1) is 0 Å². The van der Waals surface area contributed by atoms with Crippen molar-refractivity contribution < 1.29 is 0 Å². The molecule has 0 atom stereocenters. The lowest BCUT2D eigenvalue weighted by atomic mass is 10.0. The van der Waals surface area contributed by atoms with Gasteiger partial charge in [-0.25, -0.2) is 4.98 Å². The minimum Gasteiger partial charge on any atom is -0.372 e. The maximum Gasteiger partial charge on any atom is 0.144 e. The van der Waals surface area contributed by atoms with Crippen LogP contribution >= 0.6 is 0 Å². The highest BCUT2D eigenvalue weighted by molar-refractivity contribution is 5.68. The number of nitrogens with one attached hydrogen (secondary N) is 1. The number of aryl methyl sites for hydroxylation is 2. The molecule has 0 spiro atoms. The molecule has 0 unspecified atom stereocenters. The Hall–Kier alpha value is -2.34. The van der Waals surface area contributed by atoms with Gasteiger partial charge in [-0.3, -0.25) is 0 Å². The third-order valence-corrected chi connectivity index (χ3v) is 3.34. The van der Waals surface area contributed by atoms with E-state index in [1.807, 2.05) is 13.0 Å². The molecule has 0 aliphatic rings. The van der Waals surface area contributed by atoms with Crippen molar-refractivity contribution in [3.63, 3.8) is 0 Å². The monoisotopic (exact) mass is 265 g/mol. The van der Waals surface area contributed by atoms with Gasteiger partial charge in [0, 0.05) is 12.6 Å². The van der Waals surface area contributed by atoms with Gasteiger partial charge in [-0.2, -0.15) is 5.26 Å². The molecule has 2 aromatic rings. The van der Waals surface area contributed by atoms with Crippen molar-refractivity contribution in [2.75, 3.05) is 12.4 Å². The summed E-state index contributed by atoms with van der Waals surface area (Å²) in [6.07, 6.45) is 2.25. The third kappa shape index (κ3) is 2.80. The number of hydrogen-bond donors (Lipinski definition) is 1. The van der Waals surface area contributed by atoms with E-state index in [2.05, 4.69) is 47.6 Å². The largest absolute Gasteiger partial charge is 0.372 e. The molecule has 2 rings (SSSR count). The fourth-order valence-electron chi connectivity index (χ4n) is 2.30. The second-order valence-electron chi connectivity index (χ2n) is 4.86.